The average molecular weight is 162 g/mol. The first kappa shape index (κ1) is 8.78. The Morgan fingerprint density at radius 2 is 1.92 bits per heavy atom. The van der Waals surface area contributed by atoms with Gasteiger partial charge in [0.2, 0.25) is 0 Å². The van der Waals surface area contributed by atoms with Crippen molar-refractivity contribution in [3.8, 4) is 0 Å². The lowest BCUT2D eigenvalue weighted by Gasteiger charge is -1.99. The van der Waals surface area contributed by atoms with Gasteiger partial charge in [-0.05, 0) is 13.8 Å². The Hall–Kier alpha value is -1.31. The number of hydrogen-bond acceptors (Lipinski definition) is 1. The number of rotatable bonds is 2. The molecule has 2 nitrogen and oxygen atoms in total. The molecular weight excluding hydrogens is 148 g/mol. The van der Waals surface area contributed by atoms with Gasteiger partial charge >= 0.3 is 0 Å². The monoisotopic (exact) mass is 162 g/mol. The standard InChI is InChI=1S/C10H14N2/c1-3-12-10(11)9-6-4-8(2)5-7-9/h4-7H,3H2,1-2H3,(H2,11,12). The summed E-state index contributed by atoms with van der Waals surface area (Å²) in [7, 11) is 0. The fourth-order valence-electron chi connectivity index (χ4n) is 0.986. The molecule has 1 rings (SSSR count). The minimum absolute atomic E-state index is 0.623. The molecule has 0 spiro atoms. The number of nitrogens with zero attached hydrogens (tertiary/aromatic N) is 1. The molecule has 0 bridgehead atoms. The van der Waals surface area contributed by atoms with E-state index in [1.54, 1.807) is 0 Å². The molecule has 0 heterocycles. The van der Waals surface area contributed by atoms with Crippen LogP contribution in [0, 0.1) is 6.92 Å². The molecule has 64 valence electrons. The summed E-state index contributed by atoms with van der Waals surface area (Å²) in [6.45, 7) is 4.76. The van der Waals surface area contributed by atoms with Crippen LogP contribution in [0.3, 0.4) is 0 Å². The van der Waals surface area contributed by atoms with E-state index in [0.29, 0.717) is 5.84 Å². The summed E-state index contributed by atoms with van der Waals surface area (Å²) < 4.78 is 0. The Morgan fingerprint density at radius 3 is 2.42 bits per heavy atom. The summed E-state index contributed by atoms with van der Waals surface area (Å²) in [5.74, 6) is 0.623. The van der Waals surface area contributed by atoms with Crippen LogP contribution in [0.25, 0.3) is 0 Å². The van der Waals surface area contributed by atoms with Crippen molar-refractivity contribution in [3.63, 3.8) is 0 Å². The number of aryl methyl sites for hydroxylation is 1. The number of hydrogen-bond donors (Lipinski definition) is 1. The Morgan fingerprint density at radius 1 is 1.33 bits per heavy atom. The van der Waals surface area contributed by atoms with Gasteiger partial charge in [0, 0.05) is 12.1 Å². The van der Waals surface area contributed by atoms with Crippen molar-refractivity contribution < 1.29 is 0 Å². The van der Waals surface area contributed by atoms with Crippen molar-refractivity contribution in [2.24, 2.45) is 10.7 Å². The van der Waals surface area contributed by atoms with Gasteiger partial charge in [-0.15, -0.1) is 0 Å². The topological polar surface area (TPSA) is 38.4 Å². The van der Waals surface area contributed by atoms with Gasteiger partial charge in [-0.1, -0.05) is 29.8 Å². The molecule has 0 amide bonds. The lowest BCUT2D eigenvalue weighted by atomic mass is 10.1. The highest BCUT2D eigenvalue weighted by Crippen LogP contribution is 2.02. The first-order valence-electron chi connectivity index (χ1n) is 4.11. The van der Waals surface area contributed by atoms with Gasteiger partial charge in [0.25, 0.3) is 0 Å². The molecule has 0 saturated heterocycles. The quantitative estimate of drug-likeness (QED) is 0.522. The van der Waals surface area contributed by atoms with Gasteiger partial charge in [-0.2, -0.15) is 0 Å². The second-order valence-electron chi connectivity index (χ2n) is 2.73. The predicted molar refractivity (Wildman–Crippen MR) is 52.4 cm³/mol. The molecule has 0 saturated carbocycles. The first-order valence-corrected chi connectivity index (χ1v) is 4.11. The molecule has 1 aromatic rings. The van der Waals surface area contributed by atoms with E-state index in [2.05, 4.69) is 11.9 Å². The number of aliphatic imine (C=N–C) groups is 1. The maximum atomic E-state index is 5.71. The van der Waals surface area contributed by atoms with Crippen LogP contribution in [0.5, 0.6) is 0 Å². The number of benzene rings is 1. The second-order valence-corrected chi connectivity index (χ2v) is 2.73. The van der Waals surface area contributed by atoms with Crippen LogP contribution in [-0.2, 0) is 0 Å². The number of nitrogens with two attached hydrogens (primary N) is 1. The fraction of sp³-hybridized carbons (Fsp3) is 0.300. The maximum absolute atomic E-state index is 5.71. The average Bonchev–Trinajstić information content (AvgIpc) is 2.06. The molecule has 0 radical (unpaired) electrons. The molecule has 0 aliphatic carbocycles. The van der Waals surface area contributed by atoms with Gasteiger partial charge in [-0.3, -0.25) is 4.99 Å². The maximum Gasteiger partial charge on any atom is 0.125 e. The summed E-state index contributed by atoms with van der Waals surface area (Å²) in [5.41, 5.74) is 7.95. The van der Waals surface area contributed by atoms with E-state index in [1.807, 2.05) is 31.2 Å². The van der Waals surface area contributed by atoms with Crippen LogP contribution in [-0.4, -0.2) is 12.4 Å². The highest BCUT2D eigenvalue weighted by Gasteiger charge is 1.94. The van der Waals surface area contributed by atoms with Crippen LogP contribution in [0.2, 0.25) is 0 Å². The van der Waals surface area contributed by atoms with Gasteiger partial charge in [0.15, 0.2) is 0 Å². The SMILES string of the molecule is CCN=C(N)c1ccc(C)cc1. The zero-order valence-corrected chi connectivity index (χ0v) is 7.54. The molecular formula is C10H14N2. The summed E-state index contributed by atoms with van der Waals surface area (Å²) in [4.78, 5) is 4.12. The minimum Gasteiger partial charge on any atom is -0.384 e. The first-order chi connectivity index (χ1) is 5.74. The molecule has 2 heteroatoms. The third-order valence-electron chi connectivity index (χ3n) is 1.68. The molecule has 2 N–H and O–H groups in total. The molecule has 12 heavy (non-hydrogen) atoms. The summed E-state index contributed by atoms with van der Waals surface area (Å²) in [6.07, 6.45) is 0. The van der Waals surface area contributed by atoms with Crippen LogP contribution in [0.4, 0.5) is 0 Å². The van der Waals surface area contributed by atoms with E-state index in [-0.39, 0.29) is 0 Å². The highest BCUT2D eigenvalue weighted by molar-refractivity contribution is 5.97. The predicted octanol–water partition coefficient (Wildman–Crippen LogP) is 1.72. The smallest absolute Gasteiger partial charge is 0.125 e. The van der Waals surface area contributed by atoms with Crippen molar-refractivity contribution in [2.75, 3.05) is 6.54 Å². The molecule has 0 unspecified atom stereocenters. The Balaban J connectivity index is 2.89. The van der Waals surface area contributed by atoms with E-state index in [4.69, 9.17) is 5.73 Å². The highest BCUT2D eigenvalue weighted by atomic mass is 14.8. The van der Waals surface area contributed by atoms with Crippen molar-refractivity contribution >= 4 is 5.84 Å². The van der Waals surface area contributed by atoms with Crippen LogP contribution < -0.4 is 5.73 Å². The van der Waals surface area contributed by atoms with Crippen molar-refractivity contribution in [2.45, 2.75) is 13.8 Å². The van der Waals surface area contributed by atoms with Crippen LogP contribution in [0.15, 0.2) is 29.3 Å². The van der Waals surface area contributed by atoms with Crippen molar-refractivity contribution in [1.82, 2.24) is 0 Å². The largest absolute Gasteiger partial charge is 0.384 e. The Bertz CT molecular complexity index is 272. The summed E-state index contributed by atoms with van der Waals surface area (Å²) >= 11 is 0. The molecule has 0 aromatic heterocycles. The zero-order chi connectivity index (χ0) is 8.97. The van der Waals surface area contributed by atoms with E-state index in [9.17, 15) is 0 Å². The fourth-order valence-corrected chi connectivity index (χ4v) is 0.986. The third-order valence-corrected chi connectivity index (χ3v) is 1.68. The molecule has 0 aliphatic heterocycles. The minimum atomic E-state index is 0.623. The van der Waals surface area contributed by atoms with E-state index < -0.39 is 0 Å². The number of amidine groups is 1. The summed E-state index contributed by atoms with van der Waals surface area (Å²) in [6, 6.07) is 8.05. The summed E-state index contributed by atoms with van der Waals surface area (Å²) in [5, 5.41) is 0. The van der Waals surface area contributed by atoms with E-state index >= 15 is 0 Å². The van der Waals surface area contributed by atoms with Crippen LogP contribution >= 0.6 is 0 Å². The third kappa shape index (κ3) is 2.09. The molecule has 0 aliphatic rings. The normalized spacial score (nSPS) is 11.7. The molecule has 0 fully saturated rings. The second kappa shape index (κ2) is 3.90. The lowest BCUT2D eigenvalue weighted by molar-refractivity contribution is 1.12. The molecule has 1 aromatic carbocycles. The van der Waals surface area contributed by atoms with Crippen molar-refractivity contribution in [3.05, 3.63) is 35.4 Å². The molecule has 0 atom stereocenters. The van der Waals surface area contributed by atoms with Gasteiger partial charge in [0.1, 0.15) is 5.84 Å². The van der Waals surface area contributed by atoms with E-state index in [0.717, 1.165) is 12.1 Å². The van der Waals surface area contributed by atoms with Gasteiger partial charge in [-0.25, -0.2) is 0 Å². The van der Waals surface area contributed by atoms with E-state index in [1.165, 1.54) is 5.56 Å². The lowest BCUT2D eigenvalue weighted by Crippen LogP contribution is -2.13. The van der Waals surface area contributed by atoms with Crippen LogP contribution in [0.1, 0.15) is 18.1 Å². The van der Waals surface area contributed by atoms with Crippen molar-refractivity contribution in [1.29, 1.82) is 0 Å². The van der Waals surface area contributed by atoms with Gasteiger partial charge < -0.3 is 5.73 Å². The zero-order valence-electron chi connectivity index (χ0n) is 7.54. The Labute approximate surface area is 73.1 Å². The Kier molecular flexibility index (Phi) is 2.86. The van der Waals surface area contributed by atoms with Gasteiger partial charge in [0.05, 0.1) is 0 Å².